The van der Waals surface area contributed by atoms with Crippen molar-refractivity contribution in [1.82, 2.24) is 4.98 Å². The van der Waals surface area contributed by atoms with Crippen molar-refractivity contribution in [3.8, 4) is 11.5 Å². The molecule has 0 unspecified atom stereocenters. The second-order valence-corrected chi connectivity index (χ2v) is 7.96. The molecule has 0 radical (unpaired) electrons. The molecule has 0 bridgehead atoms. The molecule has 29 heavy (non-hydrogen) atoms. The number of oxazole rings is 1. The number of aromatic nitrogens is 1. The van der Waals surface area contributed by atoms with Crippen LogP contribution in [-0.2, 0) is 5.41 Å². The van der Waals surface area contributed by atoms with Crippen LogP contribution in [0.25, 0.3) is 22.6 Å². The number of halogens is 1. The summed E-state index contributed by atoms with van der Waals surface area (Å²) in [5.74, 6) is -0.565. The van der Waals surface area contributed by atoms with Crippen molar-refractivity contribution in [1.29, 1.82) is 0 Å². The summed E-state index contributed by atoms with van der Waals surface area (Å²) in [5.41, 5.74) is 3.92. The molecule has 3 aromatic carbocycles. The lowest BCUT2D eigenvalue weighted by atomic mass is 9.87. The number of carbonyl (C=O) groups is 1. The first-order valence-corrected chi connectivity index (χ1v) is 9.39. The minimum absolute atomic E-state index is 0.00945. The molecule has 0 atom stereocenters. The third kappa shape index (κ3) is 3.90. The van der Waals surface area contributed by atoms with Gasteiger partial charge in [-0.25, -0.2) is 9.37 Å². The Morgan fingerprint density at radius 1 is 1.00 bits per heavy atom. The lowest BCUT2D eigenvalue weighted by Gasteiger charge is -2.18. The van der Waals surface area contributed by atoms with E-state index in [0.29, 0.717) is 22.7 Å². The number of nitrogens with zero attached hydrogens (tertiary/aromatic N) is 1. The highest BCUT2D eigenvalue weighted by Crippen LogP contribution is 2.29. The highest BCUT2D eigenvalue weighted by Gasteiger charge is 2.15. The van der Waals surface area contributed by atoms with Crippen LogP contribution >= 0.6 is 0 Å². The number of hydrogen-bond acceptors (Lipinski definition) is 3. The largest absolute Gasteiger partial charge is 0.436 e. The van der Waals surface area contributed by atoms with E-state index in [0.717, 1.165) is 5.56 Å². The predicted octanol–water partition coefficient (Wildman–Crippen LogP) is 6.18. The number of amides is 1. The molecular weight excluding hydrogens is 367 g/mol. The summed E-state index contributed by atoms with van der Waals surface area (Å²) in [6.07, 6.45) is 0. The smallest absolute Gasteiger partial charge is 0.258 e. The van der Waals surface area contributed by atoms with E-state index in [1.165, 1.54) is 17.7 Å². The minimum atomic E-state index is -0.563. The average Bonchev–Trinajstić information content (AvgIpc) is 3.11. The van der Waals surface area contributed by atoms with Crippen molar-refractivity contribution in [2.75, 3.05) is 5.32 Å². The van der Waals surface area contributed by atoms with E-state index in [4.69, 9.17) is 4.42 Å². The second-order valence-electron chi connectivity index (χ2n) is 7.96. The van der Waals surface area contributed by atoms with Gasteiger partial charge in [0, 0.05) is 17.3 Å². The zero-order valence-electron chi connectivity index (χ0n) is 16.5. The van der Waals surface area contributed by atoms with Crippen LogP contribution in [0.4, 0.5) is 10.1 Å². The van der Waals surface area contributed by atoms with Crippen molar-refractivity contribution in [2.45, 2.75) is 26.2 Å². The molecular formula is C24H21FN2O2. The molecule has 1 aromatic heterocycles. The van der Waals surface area contributed by atoms with Gasteiger partial charge in [0.2, 0.25) is 5.89 Å². The maximum atomic E-state index is 13.8. The number of nitrogens with one attached hydrogen (secondary N) is 1. The van der Waals surface area contributed by atoms with Gasteiger partial charge in [-0.15, -0.1) is 0 Å². The SMILES string of the molecule is CC(C)(C)c1ccc(-c2nc3ccc(NC(=O)c4ccccc4F)cc3o2)cc1. The quantitative estimate of drug-likeness (QED) is 0.456. The van der Waals surface area contributed by atoms with E-state index >= 15 is 0 Å². The van der Waals surface area contributed by atoms with E-state index in [2.05, 4.69) is 43.2 Å². The summed E-state index contributed by atoms with van der Waals surface area (Å²) in [6.45, 7) is 6.50. The molecule has 0 aliphatic carbocycles. The highest BCUT2D eigenvalue weighted by molar-refractivity contribution is 6.05. The molecule has 5 heteroatoms. The monoisotopic (exact) mass is 388 g/mol. The molecule has 0 aliphatic rings. The molecule has 0 saturated carbocycles. The third-order valence-electron chi connectivity index (χ3n) is 4.76. The molecule has 4 rings (SSSR count). The lowest BCUT2D eigenvalue weighted by Crippen LogP contribution is -2.13. The average molecular weight is 388 g/mol. The number of benzene rings is 3. The van der Waals surface area contributed by atoms with Crippen LogP contribution in [0.1, 0.15) is 36.7 Å². The van der Waals surface area contributed by atoms with Gasteiger partial charge in [-0.3, -0.25) is 4.79 Å². The highest BCUT2D eigenvalue weighted by atomic mass is 19.1. The van der Waals surface area contributed by atoms with Crippen molar-refractivity contribution in [2.24, 2.45) is 0 Å². The van der Waals surface area contributed by atoms with Gasteiger partial charge in [0.25, 0.3) is 5.91 Å². The Labute approximate surface area is 168 Å². The first-order chi connectivity index (χ1) is 13.8. The van der Waals surface area contributed by atoms with Crippen LogP contribution in [0.2, 0.25) is 0 Å². The first-order valence-electron chi connectivity index (χ1n) is 9.39. The molecule has 0 saturated heterocycles. The van der Waals surface area contributed by atoms with Crippen LogP contribution < -0.4 is 5.32 Å². The fraction of sp³-hybridized carbons (Fsp3) is 0.167. The number of rotatable bonds is 3. The maximum absolute atomic E-state index is 13.8. The van der Waals surface area contributed by atoms with Crippen molar-refractivity contribution < 1.29 is 13.6 Å². The Kier molecular flexibility index (Phi) is 4.66. The van der Waals surface area contributed by atoms with Gasteiger partial charge in [-0.1, -0.05) is 45.0 Å². The van der Waals surface area contributed by atoms with Gasteiger partial charge in [0.1, 0.15) is 11.3 Å². The molecule has 146 valence electrons. The fourth-order valence-corrected chi connectivity index (χ4v) is 3.08. The van der Waals surface area contributed by atoms with E-state index in [9.17, 15) is 9.18 Å². The first kappa shape index (κ1) is 18.9. The van der Waals surface area contributed by atoms with Gasteiger partial charge >= 0.3 is 0 Å². The van der Waals surface area contributed by atoms with Crippen LogP contribution in [-0.4, -0.2) is 10.9 Å². The molecule has 1 N–H and O–H groups in total. The topological polar surface area (TPSA) is 55.1 Å². The van der Waals surface area contributed by atoms with Crippen LogP contribution in [0.3, 0.4) is 0 Å². The van der Waals surface area contributed by atoms with Crippen molar-refractivity contribution in [3.05, 3.63) is 83.7 Å². The van der Waals surface area contributed by atoms with Gasteiger partial charge in [0.15, 0.2) is 5.58 Å². The lowest BCUT2D eigenvalue weighted by molar-refractivity contribution is 0.102. The standard InChI is InChI=1S/C24H21FN2O2/c1-24(2,3)16-10-8-15(9-11-16)23-27-20-13-12-17(14-21(20)29-23)26-22(28)18-6-4-5-7-19(18)25/h4-14H,1-3H3,(H,26,28). The molecule has 0 spiro atoms. The Balaban J connectivity index is 1.59. The molecule has 1 heterocycles. The number of carbonyl (C=O) groups excluding carboxylic acids is 1. The van der Waals surface area contributed by atoms with Gasteiger partial charge in [-0.2, -0.15) is 0 Å². The second kappa shape index (κ2) is 7.17. The summed E-state index contributed by atoms with van der Waals surface area (Å²) in [6, 6.07) is 19.2. The molecule has 4 nitrogen and oxygen atoms in total. The molecule has 4 aromatic rings. The molecule has 0 fully saturated rings. The molecule has 1 amide bonds. The third-order valence-corrected chi connectivity index (χ3v) is 4.76. The summed E-state index contributed by atoms with van der Waals surface area (Å²) in [4.78, 5) is 16.8. The van der Waals surface area contributed by atoms with Crippen LogP contribution in [0.15, 0.2) is 71.1 Å². The normalized spacial score (nSPS) is 11.6. The number of fused-ring (bicyclic) bond motifs is 1. The number of anilines is 1. The summed E-state index contributed by atoms with van der Waals surface area (Å²) >= 11 is 0. The summed E-state index contributed by atoms with van der Waals surface area (Å²) < 4.78 is 19.7. The van der Waals surface area contributed by atoms with E-state index in [-0.39, 0.29) is 11.0 Å². The van der Waals surface area contributed by atoms with Gasteiger partial charge in [0.05, 0.1) is 5.56 Å². The Hall–Kier alpha value is -3.47. The van der Waals surface area contributed by atoms with E-state index in [1.54, 1.807) is 30.3 Å². The minimum Gasteiger partial charge on any atom is -0.436 e. The van der Waals surface area contributed by atoms with Gasteiger partial charge < -0.3 is 9.73 Å². The van der Waals surface area contributed by atoms with Crippen LogP contribution in [0.5, 0.6) is 0 Å². The van der Waals surface area contributed by atoms with Crippen molar-refractivity contribution >= 4 is 22.7 Å². The fourth-order valence-electron chi connectivity index (χ4n) is 3.08. The van der Waals surface area contributed by atoms with Gasteiger partial charge in [-0.05, 0) is 47.4 Å². The van der Waals surface area contributed by atoms with Crippen molar-refractivity contribution in [3.63, 3.8) is 0 Å². The Morgan fingerprint density at radius 2 is 1.72 bits per heavy atom. The number of hydrogen-bond donors (Lipinski definition) is 1. The zero-order valence-corrected chi connectivity index (χ0v) is 16.5. The molecule has 0 aliphatic heterocycles. The van der Waals surface area contributed by atoms with E-state index < -0.39 is 11.7 Å². The Bertz CT molecular complexity index is 1190. The zero-order chi connectivity index (χ0) is 20.6. The summed E-state index contributed by atoms with van der Waals surface area (Å²) in [7, 11) is 0. The predicted molar refractivity (Wildman–Crippen MR) is 112 cm³/mol. The van der Waals surface area contributed by atoms with Crippen LogP contribution in [0, 0.1) is 5.82 Å². The Morgan fingerprint density at radius 3 is 2.41 bits per heavy atom. The van der Waals surface area contributed by atoms with E-state index in [1.807, 2.05) is 12.1 Å². The summed E-state index contributed by atoms with van der Waals surface area (Å²) in [5, 5.41) is 2.70. The maximum Gasteiger partial charge on any atom is 0.258 e.